The molecule has 0 unspecified atom stereocenters. The van der Waals surface area contributed by atoms with Crippen LogP contribution in [0.25, 0.3) is 32.8 Å². The minimum absolute atomic E-state index is 0. The van der Waals surface area contributed by atoms with Gasteiger partial charge in [-0.25, -0.2) is 0 Å². The number of pyridine rings is 1. The summed E-state index contributed by atoms with van der Waals surface area (Å²) in [6.45, 7) is 0. The Bertz CT molecular complexity index is 992. The Balaban J connectivity index is 0.00000132. The Morgan fingerprint density at radius 2 is 1.86 bits per heavy atom. The van der Waals surface area contributed by atoms with E-state index in [1.54, 1.807) is 0 Å². The highest BCUT2D eigenvalue weighted by Crippen LogP contribution is 2.35. The number of aromatic amines is 1. The normalized spacial score (nSPS) is 11.2. The molecule has 0 spiro atoms. The van der Waals surface area contributed by atoms with Crippen LogP contribution in [-0.4, -0.2) is 4.98 Å². The van der Waals surface area contributed by atoms with E-state index >= 15 is 0 Å². The van der Waals surface area contributed by atoms with E-state index in [1.165, 1.54) is 10.9 Å². The number of hydrogen-bond acceptors (Lipinski definition) is 0. The molecule has 5 heteroatoms. The van der Waals surface area contributed by atoms with Gasteiger partial charge in [0.05, 0.1) is 15.9 Å². The van der Waals surface area contributed by atoms with Crippen LogP contribution in [0.3, 0.4) is 0 Å². The third-order valence-electron chi connectivity index (χ3n) is 3.79. The lowest BCUT2D eigenvalue weighted by Crippen LogP contribution is -3.00. The summed E-state index contributed by atoms with van der Waals surface area (Å²) >= 11 is 10.00. The van der Waals surface area contributed by atoms with Gasteiger partial charge in [0.15, 0.2) is 0 Å². The second kappa shape index (κ2) is 5.16. The van der Waals surface area contributed by atoms with Crippen molar-refractivity contribution in [2.45, 2.75) is 0 Å². The maximum absolute atomic E-state index is 6.49. The molecule has 0 fully saturated rings. The molecule has 0 aliphatic heterocycles. The van der Waals surface area contributed by atoms with Crippen molar-refractivity contribution in [3.8, 4) is 0 Å². The molecule has 21 heavy (non-hydrogen) atoms. The molecule has 2 nitrogen and oxygen atoms in total. The van der Waals surface area contributed by atoms with Crippen LogP contribution < -0.4 is 17.0 Å². The summed E-state index contributed by atoms with van der Waals surface area (Å²) < 4.78 is 3.11. The second-order valence-electron chi connectivity index (χ2n) is 4.93. The topological polar surface area (TPSA) is 19.7 Å². The number of rotatable bonds is 0. The minimum Gasteiger partial charge on any atom is -1.00 e. The quantitative estimate of drug-likeness (QED) is 0.447. The molecule has 106 valence electrons. The fourth-order valence-corrected chi connectivity index (χ4v) is 3.45. The summed E-state index contributed by atoms with van der Waals surface area (Å²) in [5, 5.41) is 3.02. The number of benzene rings is 2. The molecule has 2 aromatic carbocycles. The van der Waals surface area contributed by atoms with Crippen LogP contribution in [0.15, 0.2) is 46.9 Å². The van der Waals surface area contributed by atoms with E-state index in [4.69, 9.17) is 11.6 Å². The lowest BCUT2D eigenvalue weighted by Gasteiger charge is -2.00. The van der Waals surface area contributed by atoms with Gasteiger partial charge >= 0.3 is 0 Å². The molecule has 0 radical (unpaired) electrons. The number of aryl methyl sites for hydroxylation is 1. The average Bonchev–Trinajstić information content (AvgIpc) is 2.82. The number of para-hydroxylation sites is 1. The molecule has 4 rings (SSSR count). The SMILES string of the molecule is C[n+]1c2ccccc2cc2[nH]c3ccc(Br)c(Cl)c3c21.[Cl-]. The summed E-state index contributed by atoms with van der Waals surface area (Å²) in [6.07, 6.45) is 0. The molecule has 0 aliphatic carbocycles. The van der Waals surface area contributed by atoms with E-state index in [-0.39, 0.29) is 12.4 Å². The number of hydrogen-bond donors (Lipinski definition) is 1. The Kier molecular flexibility index (Phi) is 3.60. The van der Waals surface area contributed by atoms with Gasteiger partial charge < -0.3 is 17.4 Å². The van der Waals surface area contributed by atoms with Crippen molar-refractivity contribution in [3.05, 3.63) is 52.0 Å². The number of halogens is 3. The van der Waals surface area contributed by atoms with E-state index in [9.17, 15) is 0 Å². The lowest BCUT2D eigenvalue weighted by molar-refractivity contribution is -0.616. The zero-order valence-electron chi connectivity index (χ0n) is 11.1. The van der Waals surface area contributed by atoms with E-state index in [2.05, 4.69) is 68.9 Å². The van der Waals surface area contributed by atoms with Gasteiger partial charge in [-0.3, -0.25) is 0 Å². The number of nitrogens with one attached hydrogen (secondary N) is 1. The zero-order chi connectivity index (χ0) is 13.9. The van der Waals surface area contributed by atoms with Gasteiger partial charge in [0.2, 0.25) is 11.0 Å². The van der Waals surface area contributed by atoms with Crippen LogP contribution in [0.2, 0.25) is 5.02 Å². The summed E-state index contributed by atoms with van der Waals surface area (Å²) in [6, 6.07) is 14.6. The van der Waals surface area contributed by atoms with Crippen molar-refractivity contribution in [3.63, 3.8) is 0 Å². The van der Waals surface area contributed by atoms with Crippen molar-refractivity contribution < 1.29 is 17.0 Å². The molecule has 0 saturated carbocycles. The largest absolute Gasteiger partial charge is 1.00 e. The zero-order valence-corrected chi connectivity index (χ0v) is 14.2. The molecule has 0 atom stereocenters. The number of fused-ring (bicyclic) bond motifs is 4. The van der Waals surface area contributed by atoms with E-state index in [0.717, 1.165) is 31.4 Å². The smallest absolute Gasteiger partial charge is 0.240 e. The molecule has 0 saturated heterocycles. The Labute approximate surface area is 141 Å². The highest BCUT2D eigenvalue weighted by Gasteiger charge is 2.20. The van der Waals surface area contributed by atoms with Gasteiger partial charge in [-0.05, 0) is 40.2 Å². The maximum atomic E-state index is 6.49. The van der Waals surface area contributed by atoms with E-state index in [1.807, 2.05) is 6.07 Å². The number of H-pyrrole nitrogens is 1. The van der Waals surface area contributed by atoms with Gasteiger partial charge in [-0.15, -0.1) is 0 Å². The Morgan fingerprint density at radius 1 is 1.10 bits per heavy atom. The minimum atomic E-state index is 0. The first-order valence-corrected chi connectivity index (χ1v) is 7.51. The fourth-order valence-electron chi connectivity index (χ4n) is 2.87. The Morgan fingerprint density at radius 3 is 2.67 bits per heavy atom. The predicted octanol–water partition coefficient (Wildman–Crippen LogP) is 1.72. The second-order valence-corrected chi connectivity index (χ2v) is 6.17. The van der Waals surface area contributed by atoms with Crippen LogP contribution in [0.1, 0.15) is 0 Å². The average molecular weight is 382 g/mol. The first-order valence-electron chi connectivity index (χ1n) is 6.34. The lowest BCUT2D eigenvalue weighted by atomic mass is 10.1. The molecule has 2 heterocycles. The van der Waals surface area contributed by atoms with Crippen LogP contribution in [0.5, 0.6) is 0 Å². The van der Waals surface area contributed by atoms with Gasteiger partial charge in [0.25, 0.3) is 0 Å². The molecular formula is C16H11BrCl2N2. The maximum Gasteiger partial charge on any atom is 0.240 e. The van der Waals surface area contributed by atoms with Crippen LogP contribution >= 0.6 is 27.5 Å². The van der Waals surface area contributed by atoms with Gasteiger partial charge in [-0.1, -0.05) is 23.7 Å². The first kappa shape index (κ1) is 14.6. The Hall–Kier alpha value is -1.29. The monoisotopic (exact) mass is 380 g/mol. The first-order chi connectivity index (χ1) is 9.66. The number of nitrogens with zero attached hydrogens (tertiary/aromatic N) is 1. The predicted molar refractivity (Wildman–Crippen MR) is 87.2 cm³/mol. The summed E-state index contributed by atoms with van der Waals surface area (Å²) in [5.41, 5.74) is 4.47. The van der Waals surface area contributed by atoms with Crippen LogP contribution in [0.4, 0.5) is 0 Å². The summed E-state index contributed by atoms with van der Waals surface area (Å²) in [7, 11) is 2.08. The van der Waals surface area contributed by atoms with Crippen molar-refractivity contribution >= 4 is 60.4 Å². The van der Waals surface area contributed by atoms with Crippen LogP contribution in [0, 0.1) is 0 Å². The summed E-state index contributed by atoms with van der Waals surface area (Å²) in [5.74, 6) is 0. The van der Waals surface area contributed by atoms with Crippen LogP contribution in [-0.2, 0) is 7.05 Å². The highest BCUT2D eigenvalue weighted by molar-refractivity contribution is 9.10. The van der Waals surface area contributed by atoms with Gasteiger partial charge in [0, 0.05) is 15.9 Å². The molecule has 0 bridgehead atoms. The van der Waals surface area contributed by atoms with E-state index < -0.39 is 0 Å². The number of aromatic nitrogens is 2. The van der Waals surface area contributed by atoms with Gasteiger partial charge in [0.1, 0.15) is 12.6 Å². The summed E-state index contributed by atoms with van der Waals surface area (Å²) in [4.78, 5) is 3.45. The molecule has 4 aromatic rings. The van der Waals surface area contributed by atoms with Crippen molar-refractivity contribution in [2.24, 2.45) is 7.05 Å². The molecule has 0 aliphatic rings. The third-order valence-corrected chi connectivity index (χ3v) is 5.07. The third kappa shape index (κ3) is 2.03. The molecule has 1 N–H and O–H groups in total. The van der Waals surface area contributed by atoms with E-state index in [0.29, 0.717) is 0 Å². The standard InChI is InChI=1S/C16H10BrClN2.ClH/c1-20-13-5-3-2-4-9(13)8-12-16(20)14-11(19-12)7-6-10(17)15(14)18;/h2-8H,1H3;1H. The highest BCUT2D eigenvalue weighted by atomic mass is 79.9. The molecular weight excluding hydrogens is 371 g/mol. The molecule has 0 amide bonds. The van der Waals surface area contributed by atoms with Crippen molar-refractivity contribution in [1.82, 2.24) is 4.98 Å². The molecule has 2 aromatic heterocycles. The van der Waals surface area contributed by atoms with Gasteiger partial charge in [-0.2, -0.15) is 4.57 Å². The fraction of sp³-hybridized carbons (Fsp3) is 0.0625. The van der Waals surface area contributed by atoms with Crippen molar-refractivity contribution in [1.29, 1.82) is 0 Å². The van der Waals surface area contributed by atoms with Crippen molar-refractivity contribution in [2.75, 3.05) is 0 Å².